The lowest BCUT2D eigenvalue weighted by atomic mass is 9.97. The zero-order valence-electron chi connectivity index (χ0n) is 10.6. The summed E-state index contributed by atoms with van der Waals surface area (Å²) in [7, 11) is 2.14. The fourth-order valence-electron chi connectivity index (χ4n) is 2.23. The van der Waals surface area contributed by atoms with Gasteiger partial charge in [0.05, 0.1) is 12.6 Å². The van der Waals surface area contributed by atoms with Gasteiger partial charge in [-0.05, 0) is 51.5 Å². The van der Waals surface area contributed by atoms with E-state index in [9.17, 15) is 10.1 Å². The minimum atomic E-state index is -0.513. The van der Waals surface area contributed by atoms with Gasteiger partial charge in [-0.3, -0.25) is 10.1 Å². The minimum Gasteiger partial charge on any atom is -0.404 e. The number of rotatable bonds is 5. The van der Waals surface area contributed by atoms with E-state index in [4.69, 9.17) is 4.42 Å². The first-order valence-corrected chi connectivity index (χ1v) is 6.27. The number of likely N-dealkylation sites (tertiary alicyclic amines) is 1. The van der Waals surface area contributed by atoms with Crippen LogP contribution in [0.1, 0.15) is 18.6 Å². The minimum absolute atomic E-state index is 0.189. The van der Waals surface area contributed by atoms with Gasteiger partial charge in [-0.1, -0.05) is 0 Å². The van der Waals surface area contributed by atoms with E-state index in [1.165, 1.54) is 18.9 Å². The zero-order valence-corrected chi connectivity index (χ0v) is 10.6. The normalized spacial score (nSPS) is 18.1. The summed E-state index contributed by atoms with van der Waals surface area (Å²) in [4.78, 5) is 12.3. The smallest absolute Gasteiger partial charge is 0.404 e. The maximum absolute atomic E-state index is 10.5. The predicted molar refractivity (Wildman–Crippen MR) is 67.3 cm³/mol. The molecule has 2 heterocycles. The van der Waals surface area contributed by atoms with Crippen molar-refractivity contribution < 1.29 is 9.34 Å². The summed E-state index contributed by atoms with van der Waals surface area (Å²) in [6, 6.07) is 3.05. The second-order valence-corrected chi connectivity index (χ2v) is 4.87. The van der Waals surface area contributed by atoms with Gasteiger partial charge in [-0.25, -0.2) is 0 Å². The quantitative estimate of drug-likeness (QED) is 0.637. The number of nitrogens with one attached hydrogen (secondary N) is 1. The molecule has 1 aliphatic heterocycles. The summed E-state index contributed by atoms with van der Waals surface area (Å²) >= 11 is 0. The van der Waals surface area contributed by atoms with Crippen LogP contribution in [0.2, 0.25) is 0 Å². The lowest BCUT2D eigenvalue weighted by molar-refractivity contribution is -0.402. The third-order valence-corrected chi connectivity index (χ3v) is 3.40. The van der Waals surface area contributed by atoms with Gasteiger partial charge in [0.2, 0.25) is 0 Å². The molecule has 1 aliphatic rings. The molecule has 6 nitrogen and oxygen atoms in total. The number of nitrogens with zero attached hydrogens (tertiary/aromatic N) is 2. The zero-order chi connectivity index (χ0) is 13.0. The monoisotopic (exact) mass is 253 g/mol. The van der Waals surface area contributed by atoms with Crippen LogP contribution in [0.25, 0.3) is 0 Å². The fraction of sp³-hybridized carbons (Fsp3) is 0.667. The van der Waals surface area contributed by atoms with Crippen LogP contribution < -0.4 is 5.32 Å². The first-order chi connectivity index (χ1) is 8.65. The summed E-state index contributed by atoms with van der Waals surface area (Å²) in [6.45, 7) is 3.81. The van der Waals surface area contributed by atoms with Crippen LogP contribution in [0.4, 0.5) is 5.88 Å². The molecule has 0 bridgehead atoms. The van der Waals surface area contributed by atoms with Crippen LogP contribution in [0, 0.1) is 16.0 Å². The van der Waals surface area contributed by atoms with Crippen LogP contribution in [-0.4, -0.2) is 36.5 Å². The van der Waals surface area contributed by atoms with E-state index in [1.807, 2.05) is 0 Å². The Bertz CT molecular complexity index is 397. The fourth-order valence-corrected chi connectivity index (χ4v) is 2.23. The maximum Gasteiger partial charge on any atom is 0.433 e. The number of piperidine rings is 1. The van der Waals surface area contributed by atoms with Gasteiger partial charge in [0.1, 0.15) is 10.7 Å². The van der Waals surface area contributed by atoms with Crippen molar-refractivity contribution in [1.82, 2.24) is 10.2 Å². The standard InChI is InChI=1S/C12H19N3O3/c1-14-6-4-10(5-7-14)8-13-9-11-2-3-12(18-11)15(16)17/h2-3,10,13H,4-9H2,1H3. The second-order valence-electron chi connectivity index (χ2n) is 4.87. The van der Waals surface area contributed by atoms with Crippen LogP contribution in [-0.2, 0) is 6.54 Å². The summed E-state index contributed by atoms with van der Waals surface area (Å²) in [5.41, 5.74) is 0. The van der Waals surface area contributed by atoms with Gasteiger partial charge in [0, 0.05) is 0 Å². The molecule has 0 radical (unpaired) electrons. The molecule has 0 aromatic carbocycles. The van der Waals surface area contributed by atoms with Crippen molar-refractivity contribution in [3.63, 3.8) is 0 Å². The average molecular weight is 253 g/mol. The van der Waals surface area contributed by atoms with Gasteiger partial charge >= 0.3 is 5.88 Å². The number of hydrogen-bond donors (Lipinski definition) is 1. The van der Waals surface area contributed by atoms with E-state index < -0.39 is 4.92 Å². The Morgan fingerprint density at radius 3 is 2.83 bits per heavy atom. The molecule has 0 spiro atoms. The molecule has 0 amide bonds. The van der Waals surface area contributed by atoms with E-state index in [1.54, 1.807) is 6.07 Å². The Morgan fingerprint density at radius 2 is 2.22 bits per heavy atom. The van der Waals surface area contributed by atoms with Crippen molar-refractivity contribution in [2.24, 2.45) is 5.92 Å². The van der Waals surface area contributed by atoms with Gasteiger partial charge in [0.15, 0.2) is 0 Å². The Kier molecular flexibility index (Phi) is 4.33. The van der Waals surface area contributed by atoms with E-state index in [-0.39, 0.29) is 5.88 Å². The van der Waals surface area contributed by atoms with Crippen molar-refractivity contribution in [2.45, 2.75) is 19.4 Å². The third-order valence-electron chi connectivity index (χ3n) is 3.40. The first kappa shape index (κ1) is 13.0. The van der Waals surface area contributed by atoms with E-state index >= 15 is 0 Å². The van der Waals surface area contributed by atoms with Crippen molar-refractivity contribution >= 4 is 5.88 Å². The van der Waals surface area contributed by atoms with Gasteiger partial charge < -0.3 is 14.6 Å². The second kappa shape index (κ2) is 5.97. The molecule has 1 aromatic heterocycles. The number of hydrogen-bond acceptors (Lipinski definition) is 5. The molecule has 1 N–H and O–H groups in total. The Hall–Kier alpha value is -1.40. The first-order valence-electron chi connectivity index (χ1n) is 6.27. The molecule has 1 aromatic rings. The molecule has 100 valence electrons. The van der Waals surface area contributed by atoms with Gasteiger partial charge in [0.25, 0.3) is 0 Å². The van der Waals surface area contributed by atoms with E-state index in [0.29, 0.717) is 18.2 Å². The molecule has 1 saturated heterocycles. The van der Waals surface area contributed by atoms with Crippen molar-refractivity contribution in [2.75, 3.05) is 26.7 Å². The van der Waals surface area contributed by atoms with Crippen LogP contribution in [0.3, 0.4) is 0 Å². The molecule has 0 aliphatic carbocycles. The largest absolute Gasteiger partial charge is 0.433 e. The van der Waals surface area contributed by atoms with Crippen molar-refractivity contribution in [3.8, 4) is 0 Å². The highest BCUT2D eigenvalue weighted by Crippen LogP contribution is 2.17. The highest BCUT2D eigenvalue weighted by Gasteiger charge is 2.16. The summed E-state index contributed by atoms with van der Waals surface area (Å²) in [5.74, 6) is 1.13. The summed E-state index contributed by atoms with van der Waals surface area (Å²) in [6.07, 6.45) is 2.42. The molecule has 6 heteroatoms. The topological polar surface area (TPSA) is 71.5 Å². The molecular weight excluding hydrogens is 234 g/mol. The highest BCUT2D eigenvalue weighted by atomic mass is 16.6. The van der Waals surface area contributed by atoms with Gasteiger partial charge in [-0.2, -0.15) is 0 Å². The molecule has 1 fully saturated rings. The molecule has 2 rings (SSSR count). The van der Waals surface area contributed by atoms with Gasteiger partial charge in [-0.15, -0.1) is 0 Å². The lowest BCUT2D eigenvalue weighted by Crippen LogP contribution is -2.34. The Morgan fingerprint density at radius 1 is 1.50 bits per heavy atom. The lowest BCUT2D eigenvalue weighted by Gasteiger charge is -2.28. The number of furan rings is 1. The van der Waals surface area contributed by atoms with Crippen LogP contribution >= 0.6 is 0 Å². The third kappa shape index (κ3) is 3.54. The number of nitro groups is 1. The van der Waals surface area contributed by atoms with Crippen LogP contribution in [0.15, 0.2) is 16.5 Å². The molecule has 0 atom stereocenters. The summed E-state index contributed by atoms with van der Waals surface area (Å²) in [5, 5.41) is 13.8. The Balaban J connectivity index is 1.70. The Labute approximate surface area is 106 Å². The predicted octanol–water partition coefficient (Wildman–Crippen LogP) is 1.62. The molecule has 0 saturated carbocycles. The molecular formula is C12H19N3O3. The molecule has 18 heavy (non-hydrogen) atoms. The van der Waals surface area contributed by atoms with Crippen molar-refractivity contribution in [3.05, 3.63) is 28.0 Å². The molecule has 0 unspecified atom stereocenters. The van der Waals surface area contributed by atoms with E-state index in [0.717, 1.165) is 19.6 Å². The van der Waals surface area contributed by atoms with Crippen molar-refractivity contribution in [1.29, 1.82) is 0 Å². The average Bonchev–Trinajstić information content (AvgIpc) is 2.81. The highest BCUT2D eigenvalue weighted by molar-refractivity contribution is 5.17. The maximum atomic E-state index is 10.5. The van der Waals surface area contributed by atoms with Crippen LogP contribution in [0.5, 0.6) is 0 Å². The summed E-state index contributed by atoms with van der Waals surface area (Å²) < 4.78 is 5.08. The SMILES string of the molecule is CN1CCC(CNCc2ccc([N+](=O)[O-])o2)CC1. The van der Waals surface area contributed by atoms with E-state index in [2.05, 4.69) is 17.3 Å².